The Balaban J connectivity index is -0.000000116. The molecule has 0 bridgehead atoms. The Kier molecular flexibility index (Phi) is 40.9. The molecule has 1 heterocycles. The number of likely N-dealkylation sites (tertiary alicyclic amines) is 1. The van der Waals surface area contributed by atoms with E-state index in [1.165, 1.54) is 103 Å². The molecule has 0 amide bonds. The summed E-state index contributed by atoms with van der Waals surface area (Å²) in [4.78, 5) is 4.88. The van der Waals surface area contributed by atoms with Crippen LogP contribution >= 0.6 is 0 Å². The highest BCUT2D eigenvalue weighted by molar-refractivity contribution is 4.67. The minimum absolute atomic E-state index is 0. The summed E-state index contributed by atoms with van der Waals surface area (Å²) in [7, 11) is 6.26. The first-order chi connectivity index (χ1) is 20.7. The predicted octanol–water partition coefficient (Wildman–Crippen LogP) is 13.2. The van der Waals surface area contributed by atoms with E-state index in [0.29, 0.717) is 21.7 Å². The smallest absolute Gasteiger partial charge is 0.0479 e. The monoisotopic (exact) mass is 690 g/mol. The first kappa shape index (κ1) is 60.0. The van der Waals surface area contributed by atoms with E-state index >= 15 is 0 Å². The summed E-state index contributed by atoms with van der Waals surface area (Å²) in [6.45, 7) is 42.5. The van der Waals surface area contributed by atoms with Crippen LogP contribution in [0, 0.1) is 27.1 Å². The quantitative estimate of drug-likeness (QED) is 0.212. The van der Waals surface area contributed by atoms with E-state index in [4.69, 9.17) is 5.11 Å². The van der Waals surface area contributed by atoms with Gasteiger partial charge in [-0.1, -0.05) is 145 Å². The van der Waals surface area contributed by atoms with Crippen molar-refractivity contribution in [3.63, 3.8) is 0 Å². The van der Waals surface area contributed by atoms with E-state index < -0.39 is 0 Å². The van der Waals surface area contributed by atoms with Gasteiger partial charge in [-0.15, -0.1) is 0 Å². The SMILES string of the molecule is C.C.CC(C)(C)CCCN1CCCCC1.CC(C)(C)CO.CCCCC(C)(C)C.CN(C)CCCC(C)(C)C.CNCCCC(C)(C)C. The maximum absolute atomic E-state index is 8.40. The van der Waals surface area contributed by atoms with Crippen molar-refractivity contribution in [3.8, 4) is 0 Å². The van der Waals surface area contributed by atoms with E-state index in [2.05, 4.69) is 119 Å². The third-order valence-electron chi connectivity index (χ3n) is 7.49. The van der Waals surface area contributed by atoms with Crippen molar-refractivity contribution in [1.82, 2.24) is 15.1 Å². The summed E-state index contributed by atoms with van der Waals surface area (Å²) in [5, 5.41) is 11.5. The lowest BCUT2D eigenvalue weighted by atomic mass is 9.90. The van der Waals surface area contributed by atoms with Gasteiger partial charge in [-0.3, -0.25) is 0 Å². The molecule has 0 aromatic rings. The summed E-state index contributed by atoms with van der Waals surface area (Å²) in [5.41, 5.74) is 2.19. The van der Waals surface area contributed by atoms with Gasteiger partial charge in [0.15, 0.2) is 0 Å². The van der Waals surface area contributed by atoms with Crippen LogP contribution in [0.1, 0.15) is 203 Å². The molecule has 0 radical (unpaired) electrons. The maximum atomic E-state index is 8.40. The van der Waals surface area contributed by atoms with Crippen LogP contribution in [0.4, 0.5) is 0 Å². The minimum atomic E-state index is 0. The molecule has 4 heteroatoms. The van der Waals surface area contributed by atoms with Gasteiger partial charge in [0.2, 0.25) is 0 Å². The average Bonchev–Trinajstić information content (AvgIpc) is 2.86. The van der Waals surface area contributed by atoms with Gasteiger partial charge in [-0.2, -0.15) is 0 Å². The van der Waals surface area contributed by atoms with E-state index in [1.54, 1.807) is 0 Å². The average molecular weight is 690 g/mol. The lowest BCUT2D eigenvalue weighted by Crippen LogP contribution is -2.31. The number of hydrogen-bond acceptors (Lipinski definition) is 4. The van der Waals surface area contributed by atoms with Crippen LogP contribution in [0.3, 0.4) is 0 Å². The normalized spacial score (nSPS) is 13.9. The number of hydrogen-bond donors (Lipinski definition) is 2. The van der Waals surface area contributed by atoms with Gasteiger partial charge >= 0.3 is 0 Å². The van der Waals surface area contributed by atoms with Gasteiger partial charge in [-0.25, -0.2) is 0 Å². The number of nitrogens with one attached hydrogen (secondary N) is 1. The zero-order valence-electron chi connectivity index (χ0n) is 36.1. The zero-order chi connectivity index (χ0) is 37.1. The minimum Gasteiger partial charge on any atom is -0.396 e. The highest BCUT2D eigenvalue weighted by atomic mass is 16.3. The fraction of sp³-hybridized carbons (Fsp3) is 1.00. The molecule has 48 heavy (non-hydrogen) atoms. The Labute approximate surface area is 309 Å². The van der Waals surface area contributed by atoms with E-state index in [9.17, 15) is 0 Å². The highest BCUT2D eigenvalue weighted by Crippen LogP contribution is 2.22. The summed E-state index contributed by atoms with van der Waals surface area (Å²) in [5.74, 6) is 0. The topological polar surface area (TPSA) is 38.7 Å². The number of rotatable bonds is 11. The predicted molar refractivity (Wildman–Crippen MR) is 228 cm³/mol. The first-order valence-corrected chi connectivity index (χ1v) is 19.3. The molecular formula is C44H103N3O. The number of piperidine rings is 1. The van der Waals surface area contributed by atoms with E-state index in [-0.39, 0.29) is 26.9 Å². The van der Waals surface area contributed by atoms with Gasteiger partial charge in [0.1, 0.15) is 0 Å². The number of aliphatic hydroxyl groups is 1. The maximum Gasteiger partial charge on any atom is 0.0479 e. The van der Waals surface area contributed by atoms with Crippen molar-refractivity contribution in [1.29, 1.82) is 0 Å². The lowest BCUT2D eigenvalue weighted by Gasteiger charge is -2.27. The van der Waals surface area contributed by atoms with Gasteiger partial charge in [0, 0.05) is 6.61 Å². The van der Waals surface area contributed by atoms with Crippen molar-refractivity contribution in [2.45, 2.75) is 203 Å². The Morgan fingerprint density at radius 2 is 0.917 bits per heavy atom. The zero-order valence-corrected chi connectivity index (χ0v) is 36.1. The van der Waals surface area contributed by atoms with Gasteiger partial charge in [0.05, 0.1) is 0 Å². The molecule has 1 fully saturated rings. The largest absolute Gasteiger partial charge is 0.396 e. The second-order valence-electron chi connectivity index (χ2n) is 20.2. The molecule has 300 valence electrons. The van der Waals surface area contributed by atoms with Crippen LogP contribution < -0.4 is 5.32 Å². The molecular weight excluding hydrogens is 587 g/mol. The molecule has 0 atom stereocenters. The molecule has 0 spiro atoms. The van der Waals surface area contributed by atoms with Crippen LogP contribution in [-0.2, 0) is 0 Å². The standard InChI is InChI=1S/C12H25N.C9H21N.C8H19N.C8H18.C5H12O.2CH4/c1-12(2,3)8-7-11-13-9-5-4-6-10-13;1-9(2,3)7-6-8-10(4)5;1-8(2,3)6-5-7-9-4;1-5-6-7-8(2,3)4;1-5(2,3)4-6;;/h4-11H2,1-3H3;6-8H2,1-5H3;9H,5-7H2,1-4H3;5-7H2,1-4H3;6H,4H2,1-3H3;2*1H4. The molecule has 1 aliphatic rings. The Morgan fingerprint density at radius 1 is 0.562 bits per heavy atom. The summed E-state index contributed by atoms with van der Waals surface area (Å²) >= 11 is 0. The van der Waals surface area contributed by atoms with Crippen molar-refractivity contribution in [2.75, 3.05) is 60.5 Å². The van der Waals surface area contributed by atoms with Crippen LogP contribution in [0.15, 0.2) is 0 Å². The van der Waals surface area contributed by atoms with Gasteiger partial charge in [0.25, 0.3) is 0 Å². The van der Waals surface area contributed by atoms with Crippen LogP contribution in [0.5, 0.6) is 0 Å². The molecule has 4 nitrogen and oxygen atoms in total. The second-order valence-corrected chi connectivity index (χ2v) is 20.2. The fourth-order valence-electron chi connectivity index (χ4n) is 4.44. The van der Waals surface area contributed by atoms with Gasteiger partial charge < -0.3 is 20.2 Å². The summed E-state index contributed by atoms with van der Waals surface area (Å²) < 4.78 is 0. The molecule has 0 aromatic heterocycles. The van der Waals surface area contributed by atoms with Crippen LogP contribution in [0.25, 0.3) is 0 Å². The molecule has 0 saturated carbocycles. The van der Waals surface area contributed by atoms with Crippen molar-refractivity contribution in [3.05, 3.63) is 0 Å². The molecule has 0 aromatic carbocycles. The second kappa shape index (κ2) is 32.7. The Hall–Kier alpha value is -0.160. The summed E-state index contributed by atoms with van der Waals surface area (Å²) in [6, 6.07) is 0. The Morgan fingerprint density at radius 3 is 1.21 bits per heavy atom. The van der Waals surface area contributed by atoms with Crippen molar-refractivity contribution in [2.24, 2.45) is 27.1 Å². The Bertz CT molecular complexity index is 604. The molecule has 1 aliphatic heterocycles. The van der Waals surface area contributed by atoms with Crippen LogP contribution in [-0.4, -0.2) is 75.4 Å². The molecule has 0 aliphatic carbocycles. The van der Waals surface area contributed by atoms with Crippen LogP contribution in [0.2, 0.25) is 0 Å². The van der Waals surface area contributed by atoms with Gasteiger partial charge in [-0.05, 0) is 139 Å². The highest BCUT2D eigenvalue weighted by Gasteiger charge is 2.13. The first-order valence-electron chi connectivity index (χ1n) is 19.3. The lowest BCUT2D eigenvalue weighted by molar-refractivity contribution is 0.177. The van der Waals surface area contributed by atoms with E-state index in [1.807, 2.05) is 27.8 Å². The third-order valence-corrected chi connectivity index (χ3v) is 7.49. The molecule has 1 rings (SSSR count). The fourth-order valence-corrected chi connectivity index (χ4v) is 4.44. The molecule has 2 N–H and O–H groups in total. The number of aliphatic hydroxyl groups excluding tert-OH is 1. The summed E-state index contributed by atoms with van der Waals surface area (Å²) in [6.07, 6.45) is 16.4. The molecule has 0 unspecified atom stereocenters. The van der Waals surface area contributed by atoms with Crippen molar-refractivity contribution < 1.29 is 5.11 Å². The number of unbranched alkanes of at least 4 members (excludes halogenated alkanes) is 1. The molecule has 1 saturated heterocycles. The third kappa shape index (κ3) is 71.8. The van der Waals surface area contributed by atoms with E-state index in [0.717, 1.165) is 6.54 Å². The number of nitrogens with zero attached hydrogens (tertiary/aromatic N) is 2. The van der Waals surface area contributed by atoms with Crippen molar-refractivity contribution >= 4 is 0 Å².